The first-order valence-electron chi connectivity index (χ1n) is 12.7. The summed E-state index contributed by atoms with van der Waals surface area (Å²) in [4.78, 5) is 21.9. The molecule has 3 rings (SSSR count). The third-order valence-electron chi connectivity index (χ3n) is 5.44. The number of H-pyrrole nitrogens is 3. The van der Waals surface area contributed by atoms with Crippen molar-refractivity contribution in [1.82, 2.24) is 29.9 Å². The number of imidazole rings is 3. The molecule has 0 bridgehead atoms. The number of nitrogens with zero attached hydrogens (tertiary/aromatic N) is 3. The van der Waals surface area contributed by atoms with Crippen LogP contribution in [0.25, 0.3) is 0 Å². The normalized spacial score (nSPS) is 11.5. The Morgan fingerprint density at radius 1 is 0.600 bits per heavy atom. The highest BCUT2D eigenvalue weighted by Gasteiger charge is 2.14. The van der Waals surface area contributed by atoms with Crippen LogP contribution in [-0.4, -0.2) is 29.9 Å². The minimum Gasteiger partial charge on any atom is -0.345 e. The molecular formula is C27H46ClFN6. The molecule has 0 atom stereocenters. The van der Waals surface area contributed by atoms with E-state index in [0.29, 0.717) is 34.5 Å². The molecule has 3 heterocycles. The van der Waals surface area contributed by atoms with Crippen LogP contribution in [0.3, 0.4) is 0 Å². The van der Waals surface area contributed by atoms with Crippen molar-refractivity contribution in [3.63, 3.8) is 0 Å². The fraction of sp³-hybridized carbons (Fsp3) is 0.667. The van der Waals surface area contributed by atoms with E-state index in [9.17, 15) is 4.39 Å². The van der Waals surface area contributed by atoms with Crippen LogP contribution < -0.4 is 0 Å². The van der Waals surface area contributed by atoms with E-state index in [1.165, 1.54) is 5.69 Å². The number of aromatic amines is 3. The largest absolute Gasteiger partial charge is 0.345 e. The van der Waals surface area contributed by atoms with Gasteiger partial charge in [0, 0.05) is 29.6 Å². The summed E-state index contributed by atoms with van der Waals surface area (Å²) >= 11 is 5.94. The molecule has 0 saturated heterocycles. The van der Waals surface area contributed by atoms with Crippen molar-refractivity contribution in [2.75, 3.05) is 0 Å². The molecule has 6 nitrogen and oxygen atoms in total. The van der Waals surface area contributed by atoms with Gasteiger partial charge in [0.15, 0.2) is 5.15 Å². The Labute approximate surface area is 216 Å². The van der Waals surface area contributed by atoms with Crippen molar-refractivity contribution >= 4 is 11.6 Å². The van der Waals surface area contributed by atoms with E-state index in [1.807, 2.05) is 33.9 Å². The lowest BCUT2D eigenvalue weighted by Gasteiger charge is -2.01. The van der Waals surface area contributed by atoms with Gasteiger partial charge < -0.3 is 15.0 Å². The van der Waals surface area contributed by atoms with Crippen molar-refractivity contribution in [2.24, 2.45) is 0 Å². The molecule has 3 aromatic heterocycles. The molecule has 0 aliphatic heterocycles. The lowest BCUT2D eigenvalue weighted by atomic mass is 10.1. The van der Waals surface area contributed by atoms with E-state index < -0.39 is 0 Å². The van der Waals surface area contributed by atoms with Crippen LogP contribution in [0, 0.1) is 5.95 Å². The fourth-order valence-electron chi connectivity index (χ4n) is 3.02. The predicted octanol–water partition coefficient (Wildman–Crippen LogP) is 8.76. The highest BCUT2D eigenvalue weighted by atomic mass is 35.5. The molecule has 35 heavy (non-hydrogen) atoms. The van der Waals surface area contributed by atoms with Crippen molar-refractivity contribution < 1.29 is 4.39 Å². The zero-order chi connectivity index (χ0) is 27.0. The molecule has 3 aromatic rings. The quantitative estimate of drug-likeness (QED) is 0.311. The highest BCUT2D eigenvalue weighted by Crippen LogP contribution is 2.24. The van der Waals surface area contributed by atoms with Crippen molar-refractivity contribution in [3.05, 3.63) is 51.9 Å². The van der Waals surface area contributed by atoms with Crippen LogP contribution in [0.5, 0.6) is 0 Å². The number of hydrogen-bond acceptors (Lipinski definition) is 3. The summed E-state index contributed by atoms with van der Waals surface area (Å²) in [6.45, 7) is 24.9. The van der Waals surface area contributed by atoms with Crippen molar-refractivity contribution in [2.45, 2.75) is 119 Å². The second kappa shape index (κ2) is 13.8. The number of nitrogens with one attached hydrogen (secondary N) is 3. The maximum atomic E-state index is 13.1. The Morgan fingerprint density at radius 2 is 1.06 bits per heavy atom. The van der Waals surface area contributed by atoms with Crippen LogP contribution in [-0.2, 0) is 0 Å². The number of rotatable bonds is 6. The molecule has 3 N–H and O–H groups in total. The molecule has 0 unspecified atom stereocenters. The third-order valence-corrected chi connectivity index (χ3v) is 5.73. The van der Waals surface area contributed by atoms with Crippen LogP contribution >= 0.6 is 11.6 Å². The minimum atomic E-state index is -0.353. The Morgan fingerprint density at radius 3 is 1.31 bits per heavy atom. The Bertz CT molecular complexity index is 932. The first kappa shape index (κ1) is 30.9. The lowest BCUT2D eigenvalue weighted by molar-refractivity contribution is 0.560. The Hall–Kier alpha value is -2.15. The predicted molar refractivity (Wildman–Crippen MR) is 145 cm³/mol. The van der Waals surface area contributed by atoms with Gasteiger partial charge in [-0.05, 0) is 17.8 Å². The van der Waals surface area contributed by atoms with Gasteiger partial charge in [-0.25, -0.2) is 15.0 Å². The molecule has 0 amide bonds. The van der Waals surface area contributed by atoms with E-state index >= 15 is 0 Å². The average Bonchev–Trinajstić information content (AvgIpc) is 3.46. The monoisotopic (exact) mass is 508 g/mol. The molecule has 0 radical (unpaired) electrons. The highest BCUT2D eigenvalue weighted by molar-refractivity contribution is 6.30. The van der Waals surface area contributed by atoms with Gasteiger partial charge in [-0.2, -0.15) is 4.39 Å². The van der Waals surface area contributed by atoms with E-state index in [0.717, 1.165) is 23.2 Å². The maximum absolute atomic E-state index is 13.1. The van der Waals surface area contributed by atoms with Gasteiger partial charge in [-0.15, -0.1) is 0 Å². The molecule has 0 fully saturated rings. The topological polar surface area (TPSA) is 86.0 Å². The lowest BCUT2D eigenvalue weighted by Crippen LogP contribution is -1.92. The van der Waals surface area contributed by atoms with Crippen LogP contribution in [0.4, 0.5) is 4.39 Å². The number of hydrogen-bond donors (Lipinski definition) is 3. The molecule has 8 heteroatoms. The van der Waals surface area contributed by atoms with Crippen molar-refractivity contribution in [1.29, 1.82) is 0 Å². The molecule has 0 saturated carbocycles. The zero-order valence-corrected chi connectivity index (χ0v) is 24.4. The summed E-state index contributed by atoms with van der Waals surface area (Å²) in [5.74, 6) is 4.75. The first-order chi connectivity index (χ1) is 16.1. The van der Waals surface area contributed by atoms with Crippen molar-refractivity contribution in [3.8, 4) is 0 Å². The summed E-state index contributed by atoms with van der Waals surface area (Å²) < 4.78 is 13.1. The number of aromatic nitrogens is 6. The molecule has 198 valence electrons. The molecule has 0 spiro atoms. The maximum Gasteiger partial charge on any atom is 0.234 e. The first-order valence-corrected chi connectivity index (χ1v) is 13.1. The van der Waals surface area contributed by atoms with Gasteiger partial charge in [0.2, 0.25) is 5.95 Å². The summed E-state index contributed by atoms with van der Waals surface area (Å²) in [5, 5.41) is 0.619. The second-order valence-corrected chi connectivity index (χ2v) is 11.2. The van der Waals surface area contributed by atoms with E-state index in [1.54, 1.807) is 0 Å². The molecule has 0 aliphatic rings. The fourth-order valence-corrected chi connectivity index (χ4v) is 3.37. The summed E-state index contributed by atoms with van der Waals surface area (Å²) in [6, 6.07) is 0. The minimum absolute atomic E-state index is 0.171. The zero-order valence-electron chi connectivity index (χ0n) is 23.6. The smallest absolute Gasteiger partial charge is 0.234 e. The summed E-state index contributed by atoms with van der Waals surface area (Å²) in [5.41, 5.74) is 2.88. The summed E-state index contributed by atoms with van der Waals surface area (Å²) in [7, 11) is 0. The standard InChI is InChI=1S/C9H15ClN2.C9H15FN2.C9H16N2/c2*1-5(2)7-8(10)12-9(11-7)6(3)4;1-6(2)8-5-10-9(11-8)7(3)4/h2*5-6H,1-4H3,(H,11,12);5-7H,1-4H3,(H,10,11). The summed E-state index contributed by atoms with van der Waals surface area (Å²) in [6.07, 6.45) is 1.93. The van der Waals surface area contributed by atoms with E-state index in [2.05, 4.69) is 85.3 Å². The van der Waals surface area contributed by atoms with Gasteiger partial charge in [0.05, 0.1) is 11.4 Å². The molecule has 0 aliphatic carbocycles. The Kier molecular flexibility index (Phi) is 12.2. The van der Waals surface area contributed by atoms with E-state index in [-0.39, 0.29) is 17.8 Å². The SMILES string of the molecule is CC(C)c1cnc(C(C)C)[nH]1.CC(C)c1nc(Cl)c(C(C)C)[nH]1.CC(C)c1nc(F)c(C(C)C)[nH]1. The van der Waals surface area contributed by atoms with Gasteiger partial charge in [0.25, 0.3) is 0 Å². The third kappa shape index (κ3) is 9.43. The average molecular weight is 509 g/mol. The molecule has 0 aromatic carbocycles. The van der Waals surface area contributed by atoms with Crippen LogP contribution in [0.2, 0.25) is 5.15 Å². The van der Waals surface area contributed by atoms with Gasteiger partial charge in [-0.3, -0.25) is 0 Å². The Balaban J connectivity index is 0.000000263. The number of halogens is 2. The van der Waals surface area contributed by atoms with E-state index in [4.69, 9.17) is 11.6 Å². The van der Waals surface area contributed by atoms with Gasteiger partial charge in [0.1, 0.15) is 17.5 Å². The van der Waals surface area contributed by atoms with Gasteiger partial charge >= 0.3 is 0 Å². The van der Waals surface area contributed by atoms with Gasteiger partial charge in [-0.1, -0.05) is 94.7 Å². The van der Waals surface area contributed by atoms with Crippen LogP contribution in [0.1, 0.15) is 153 Å². The molecular weight excluding hydrogens is 463 g/mol. The van der Waals surface area contributed by atoms with Crippen LogP contribution in [0.15, 0.2) is 6.20 Å². The second-order valence-electron chi connectivity index (χ2n) is 10.8.